The number of aromatic nitrogens is 2. The third-order valence-corrected chi connectivity index (χ3v) is 4.85. The van der Waals surface area contributed by atoms with Gasteiger partial charge in [-0.3, -0.25) is 9.59 Å². The smallest absolute Gasteiger partial charge is 0.264 e. The zero-order chi connectivity index (χ0) is 14.5. The Balaban J connectivity index is 2.03. The van der Waals surface area contributed by atoms with E-state index in [1.165, 1.54) is 17.7 Å². The van der Waals surface area contributed by atoms with Crippen LogP contribution in [0.3, 0.4) is 0 Å². The number of nitrogens with zero attached hydrogens (tertiary/aromatic N) is 2. The molecule has 20 heavy (non-hydrogen) atoms. The number of β-amino-alcohol motifs (C(OH)–C–C–N with tert-alkyl or cyclic N) is 1. The maximum atomic E-state index is 12.5. The summed E-state index contributed by atoms with van der Waals surface area (Å²) < 4.78 is 0. The minimum atomic E-state index is -0.823. The van der Waals surface area contributed by atoms with Crippen molar-refractivity contribution in [1.29, 1.82) is 0 Å². The monoisotopic (exact) mass is 293 g/mol. The number of aryl methyl sites for hydroxylation is 1. The summed E-state index contributed by atoms with van der Waals surface area (Å²) in [6.07, 6.45) is 1.91. The molecule has 2 aromatic rings. The topological polar surface area (TPSA) is 86.3 Å². The number of hydrogen-bond acceptors (Lipinski definition) is 5. The normalized spacial score (nSPS) is 22.6. The van der Waals surface area contributed by atoms with Crippen LogP contribution >= 0.6 is 11.3 Å². The lowest BCUT2D eigenvalue weighted by molar-refractivity contribution is 0.0574. The third kappa shape index (κ3) is 2.03. The van der Waals surface area contributed by atoms with Crippen molar-refractivity contribution in [3.05, 3.63) is 27.1 Å². The predicted molar refractivity (Wildman–Crippen MR) is 76.1 cm³/mol. The van der Waals surface area contributed by atoms with E-state index < -0.39 is 5.60 Å². The van der Waals surface area contributed by atoms with Crippen molar-refractivity contribution >= 4 is 27.5 Å². The van der Waals surface area contributed by atoms with E-state index >= 15 is 0 Å². The van der Waals surface area contributed by atoms with Crippen molar-refractivity contribution in [1.82, 2.24) is 14.9 Å². The number of aromatic amines is 1. The van der Waals surface area contributed by atoms with Crippen LogP contribution in [0.1, 0.15) is 28.6 Å². The van der Waals surface area contributed by atoms with Crippen LogP contribution in [0.4, 0.5) is 0 Å². The average Bonchev–Trinajstić information content (AvgIpc) is 2.90. The molecule has 2 N–H and O–H groups in total. The molecule has 1 aliphatic heterocycles. The van der Waals surface area contributed by atoms with Gasteiger partial charge in [-0.25, -0.2) is 4.98 Å². The molecular weight excluding hydrogens is 278 g/mol. The van der Waals surface area contributed by atoms with E-state index in [0.717, 1.165) is 0 Å². The average molecular weight is 293 g/mol. The zero-order valence-electron chi connectivity index (χ0n) is 11.3. The van der Waals surface area contributed by atoms with Gasteiger partial charge in [-0.1, -0.05) is 0 Å². The molecule has 0 radical (unpaired) electrons. The summed E-state index contributed by atoms with van der Waals surface area (Å²) in [5, 5.41) is 10.4. The second-order valence-corrected chi connectivity index (χ2v) is 6.44. The summed E-state index contributed by atoms with van der Waals surface area (Å²) >= 11 is 1.23. The number of amides is 1. The molecule has 106 valence electrons. The SMILES string of the molecule is Cc1c(C(=O)N2CCC(C)(O)C2)sc2nc[nH]c(=O)c12. The van der Waals surface area contributed by atoms with Crippen LogP contribution in [0, 0.1) is 6.92 Å². The molecule has 0 aromatic carbocycles. The number of likely N-dealkylation sites (tertiary alicyclic amines) is 1. The van der Waals surface area contributed by atoms with E-state index in [4.69, 9.17) is 0 Å². The maximum absolute atomic E-state index is 12.5. The van der Waals surface area contributed by atoms with Gasteiger partial charge in [0.05, 0.1) is 22.2 Å². The van der Waals surface area contributed by atoms with Gasteiger partial charge in [-0.05, 0) is 25.8 Å². The van der Waals surface area contributed by atoms with Crippen molar-refractivity contribution in [2.24, 2.45) is 0 Å². The van der Waals surface area contributed by atoms with Crippen LogP contribution in [0.15, 0.2) is 11.1 Å². The highest BCUT2D eigenvalue weighted by molar-refractivity contribution is 7.20. The van der Waals surface area contributed by atoms with Crippen molar-refractivity contribution in [2.75, 3.05) is 13.1 Å². The van der Waals surface area contributed by atoms with Gasteiger partial charge in [-0.15, -0.1) is 11.3 Å². The number of nitrogens with one attached hydrogen (secondary N) is 1. The highest BCUT2D eigenvalue weighted by atomic mass is 32.1. The fourth-order valence-electron chi connectivity index (χ4n) is 2.54. The number of H-pyrrole nitrogens is 1. The number of fused-ring (bicyclic) bond motifs is 1. The Morgan fingerprint density at radius 3 is 2.95 bits per heavy atom. The summed E-state index contributed by atoms with van der Waals surface area (Å²) in [5.41, 5.74) is -0.386. The van der Waals surface area contributed by atoms with Crippen LogP contribution in [-0.4, -0.2) is 44.6 Å². The number of hydrogen-bond donors (Lipinski definition) is 2. The standard InChI is InChI=1S/C13H15N3O3S/c1-7-8-10(17)14-6-15-11(8)20-9(7)12(18)16-4-3-13(2,19)5-16/h6,19H,3-5H2,1-2H3,(H,14,15,17). The molecule has 7 heteroatoms. The number of thiophene rings is 1. The van der Waals surface area contributed by atoms with E-state index in [1.807, 2.05) is 0 Å². The minimum absolute atomic E-state index is 0.136. The molecule has 6 nitrogen and oxygen atoms in total. The molecule has 1 atom stereocenters. The quantitative estimate of drug-likeness (QED) is 0.817. The Bertz CT molecular complexity index is 747. The van der Waals surface area contributed by atoms with Gasteiger partial charge < -0.3 is 15.0 Å². The summed E-state index contributed by atoms with van der Waals surface area (Å²) in [6.45, 7) is 4.34. The van der Waals surface area contributed by atoms with Gasteiger partial charge in [0.1, 0.15) is 4.83 Å². The number of carbonyl (C=O) groups excluding carboxylic acids is 1. The molecule has 0 spiro atoms. The minimum Gasteiger partial charge on any atom is -0.388 e. The summed E-state index contributed by atoms with van der Waals surface area (Å²) in [4.78, 5) is 33.7. The van der Waals surface area contributed by atoms with E-state index in [-0.39, 0.29) is 11.5 Å². The molecule has 0 aliphatic carbocycles. The lowest BCUT2D eigenvalue weighted by atomic mass is 10.1. The highest BCUT2D eigenvalue weighted by Gasteiger charge is 2.35. The molecule has 1 fully saturated rings. The lowest BCUT2D eigenvalue weighted by Gasteiger charge is -2.18. The summed E-state index contributed by atoms with van der Waals surface area (Å²) in [7, 11) is 0. The molecule has 2 aromatic heterocycles. The molecule has 3 rings (SSSR count). The Hall–Kier alpha value is -1.73. The van der Waals surface area contributed by atoms with Crippen molar-refractivity contribution < 1.29 is 9.90 Å². The molecule has 0 bridgehead atoms. The molecule has 0 saturated carbocycles. The van der Waals surface area contributed by atoms with E-state index in [0.29, 0.717) is 40.2 Å². The van der Waals surface area contributed by atoms with Crippen LogP contribution in [0.5, 0.6) is 0 Å². The zero-order valence-corrected chi connectivity index (χ0v) is 12.1. The summed E-state index contributed by atoms with van der Waals surface area (Å²) in [6, 6.07) is 0. The van der Waals surface area contributed by atoms with Crippen LogP contribution in [-0.2, 0) is 0 Å². The lowest BCUT2D eigenvalue weighted by Crippen LogP contribution is -2.33. The molecular formula is C13H15N3O3S. The summed E-state index contributed by atoms with van der Waals surface area (Å²) in [5.74, 6) is -0.136. The molecule has 1 unspecified atom stereocenters. The maximum Gasteiger partial charge on any atom is 0.264 e. The number of rotatable bonds is 1. The molecule has 1 amide bonds. The first-order valence-corrected chi connectivity index (χ1v) is 7.19. The third-order valence-electron chi connectivity index (χ3n) is 3.67. The Kier molecular flexibility index (Phi) is 2.91. The first-order chi connectivity index (χ1) is 9.39. The number of carbonyl (C=O) groups is 1. The van der Waals surface area contributed by atoms with Gasteiger partial charge in [0.25, 0.3) is 11.5 Å². The van der Waals surface area contributed by atoms with Gasteiger partial charge in [0.15, 0.2) is 0 Å². The van der Waals surface area contributed by atoms with Gasteiger partial charge in [0.2, 0.25) is 0 Å². The van der Waals surface area contributed by atoms with Crippen LogP contribution in [0.2, 0.25) is 0 Å². The second kappa shape index (κ2) is 4.39. The van der Waals surface area contributed by atoms with Crippen molar-refractivity contribution in [3.63, 3.8) is 0 Å². The fraction of sp³-hybridized carbons (Fsp3) is 0.462. The van der Waals surface area contributed by atoms with E-state index in [9.17, 15) is 14.7 Å². The Labute approximate surface area is 119 Å². The molecule has 1 aliphatic rings. The van der Waals surface area contributed by atoms with E-state index in [2.05, 4.69) is 9.97 Å². The van der Waals surface area contributed by atoms with Crippen LogP contribution in [0.25, 0.3) is 10.2 Å². The second-order valence-electron chi connectivity index (χ2n) is 5.44. The number of aliphatic hydroxyl groups is 1. The molecule has 1 saturated heterocycles. The predicted octanol–water partition coefficient (Wildman–Crippen LogP) is 0.890. The van der Waals surface area contributed by atoms with Crippen LogP contribution < -0.4 is 5.56 Å². The fourth-order valence-corrected chi connectivity index (χ4v) is 3.66. The van der Waals surface area contributed by atoms with Gasteiger partial charge in [0, 0.05) is 13.1 Å². The largest absolute Gasteiger partial charge is 0.388 e. The van der Waals surface area contributed by atoms with E-state index in [1.54, 1.807) is 18.7 Å². The van der Waals surface area contributed by atoms with Crippen molar-refractivity contribution in [3.8, 4) is 0 Å². The first kappa shape index (κ1) is 13.3. The van der Waals surface area contributed by atoms with Gasteiger partial charge >= 0.3 is 0 Å². The Morgan fingerprint density at radius 2 is 2.35 bits per heavy atom. The van der Waals surface area contributed by atoms with Gasteiger partial charge in [-0.2, -0.15) is 0 Å². The first-order valence-electron chi connectivity index (χ1n) is 6.37. The highest BCUT2D eigenvalue weighted by Crippen LogP contribution is 2.30. The molecule has 3 heterocycles. The Morgan fingerprint density at radius 1 is 1.60 bits per heavy atom. The van der Waals surface area contributed by atoms with Crippen molar-refractivity contribution in [2.45, 2.75) is 25.9 Å².